The highest BCUT2D eigenvalue weighted by atomic mass is 16.6. The van der Waals surface area contributed by atoms with E-state index >= 15 is 0 Å². The highest BCUT2D eigenvalue weighted by Crippen LogP contribution is 2.26. The zero-order chi connectivity index (χ0) is 19.2. The second kappa shape index (κ2) is 8.68. The van der Waals surface area contributed by atoms with Crippen molar-refractivity contribution in [2.45, 2.75) is 45.0 Å². The second-order valence-corrected chi connectivity index (χ2v) is 6.49. The molecule has 0 heterocycles. The molecule has 4 N–H and O–H groups in total. The van der Waals surface area contributed by atoms with Crippen molar-refractivity contribution in [3.8, 4) is 5.75 Å². The third-order valence-electron chi connectivity index (χ3n) is 3.27. The van der Waals surface area contributed by atoms with Crippen LogP contribution in [0.4, 0.5) is 4.79 Å². The number of hydrogen-bond donors (Lipinski definition) is 4. The first kappa shape index (κ1) is 20.7. The third kappa shape index (κ3) is 6.60. The van der Waals surface area contributed by atoms with E-state index in [-0.39, 0.29) is 29.8 Å². The number of nitrogens with one attached hydrogen (secondary N) is 1. The minimum absolute atomic E-state index is 0.0643. The Kier molecular flexibility index (Phi) is 7.20. The summed E-state index contributed by atoms with van der Waals surface area (Å²) < 4.78 is 10.0. The molecule has 1 aromatic carbocycles. The van der Waals surface area contributed by atoms with Crippen LogP contribution in [0.25, 0.3) is 0 Å². The van der Waals surface area contributed by atoms with E-state index in [0.717, 1.165) is 0 Å². The first-order chi connectivity index (χ1) is 11.5. The Balaban J connectivity index is 2.64. The molecule has 140 valence electrons. The molecular formula is C17H25NO7. The lowest BCUT2D eigenvalue weighted by Gasteiger charge is -2.21. The lowest BCUT2D eigenvalue weighted by Crippen LogP contribution is -2.34. The van der Waals surface area contributed by atoms with Gasteiger partial charge in [0, 0.05) is 6.54 Å². The summed E-state index contributed by atoms with van der Waals surface area (Å²) >= 11 is 0. The van der Waals surface area contributed by atoms with Gasteiger partial charge < -0.3 is 30.1 Å². The molecular weight excluding hydrogens is 330 g/mol. The summed E-state index contributed by atoms with van der Waals surface area (Å²) in [5, 5.41) is 31.9. The average Bonchev–Trinajstić information content (AvgIpc) is 2.51. The SMILES string of the molecule is COc1ccc(C(O)C(O)CCNC(=O)OC(C)(C)C)cc1C(=O)O. The number of amides is 1. The molecule has 0 aromatic heterocycles. The summed E-state index contributed by atoms with van der Waals surface area (Å²) in [6, 6.07) is 4.13. The van der Waals surface area contributed by atoms with Gasteiger partial charge in [-0.15, -0.1) is 0 Å². The molecule has 25 heavy (non-hydrogen) atoms. The minimum atomic E-state index is -1.30. The molecule has 8 heteroatoms. The van der Waals surface area contributed by atoms with Gasteiger partial charge in [-0.3, -0.25) is 0 Å². The van der Waals surface area contributed by atoms with Crippen LogP contribution in [-0.2, 0) is 4.74 Å². The van der Waals surface area contributed by atoms with Gasteiger partial charge in [0.25, 0.3) is 0 Å². The number of alkyl carbamates (subject to hydrolysis) is 1. The Bertz CT molecular complexity index is 610. The highest BCUT2D eigenvalue weighted by molar-refractivity contribution is 5.91. The quantitative estimate of drug-likeness (QED) is 0.586. The molecule has 2 atom stereocenters. The number of ether oxygens (including phenoxy) is 2. The van der Waals surface area contributed by atoms with Crippen LogP contribution < -0.4 is 10.1 Å². The Labute approximate surface area is 146 Å². The lowest BCUT2D eigenvalue weighted by atomic mass is 9.99. The van der Waals surface area contributed by atoms with Crippen molar-refractivity contribution >= 4 is 12.1 Å². The van der Waals surface area contributed by atoms with Gasteiger partial charge in [0.05, 0.1) is 13.2 Å². The molecule has 1 rings (SSSR count). The van der Waals surface area contributed by atoms with Crippen molar-refractivity contribution in [3.05, 3.63) is 29.3 Å². The van der Waals surface area contributed by atoms with E-state index in [0.29, 0.717) is 0 Å². The van der Waals surface area contributed by atoms with Crippen LogP contribution in [0.2, 0.25) is 0 Å². The van der Waals surface area contributed by atoms with Gasteiger partial charge in [-0.25, -0.2) is 9.59 Å². The van der Waals surface area contributed by atoms with Crippen LogP contribution in [0.3, 0.4) is 0 Å². The van der Waals surface area contributed by atoms with E-state index in [2.05, 4.69) is 5.32 Å². The molecule has 0 radical (unpaired) electrons. The van der Waals surface area contributed by atoms with E-state index in [1.165, 1.54) is 25.3 Å². The van der Waals surface area contributed by atoms with E-state index in [1.807, 2.05) is 0 Å². The summed E-state index contributed by atoms with van der Waals surface area (Å²) in [6.45, 7) is 5.29. The summed E-state index contributed by atoms with van der Waals surface area (Å²) in [6.07, 6.45) is -3.05. The van der Waals surface area contributed by atoms with E-state index < -0.39 is 29.9 Å². The first-order valence-electron chi connectivity index (χ1n) is 7.79. The van der Waals surface area contributed by atoms with Crippen molar-refractivity contribution < 1.29 is 34.4 Å². The maximum Gasteiger partial charge on any atom is 0.407 e. The van der Waals surface area contributed by atoms with Crippen LogP contribution in [-0.4, -0.2) is 52.7 Å². The van der Waals surface area contributed by atoms with Crippen molar-refractivity contribution in [3.63, 3.8) is 0 Å². The predicted molar refractivity (Wildman–Crippen MR) is 89.8 cm³/mol. The van der Waals surface area contributed by atoms with Gasteiger partial charge in [-0.05, 0) is 44.9 Å². The van der Waals surface area contributed by atoms with E-state index in [9.17, 15) is 19.8 Å². The summed E-state index contributed by atoms with van der Waals surface area (Å²) in [4.78, 5) is 22.7. The van der Waals surface area contributed by atoms with Crippen LogP contribution in [0.15, 0.2) is 18.2 Å². The molecule has 0 aliphatic carbocycles. The van der Waals surface area contributed by atoms with E-state index in [4.69, 9.17) is 14.6 Å². The molecule has 0 saturated heterocycles. The maximum atomic E-state index is 11.5. The summed E-state index contributed by atoms with van der Waals surface area (Å²) in [5.74, 6) is -1.04. The van der Waals surface area contributed by atoms with Crippen molar-refractivity contribution in [2.24, 2.45) is 0 Å². The number of aliphatic hydroxyl groups excluding tert-OH is 2. The molecule has 0 aliphatic rings. The number of carbonyl (C=O) groups excluding carboxylic acids is 1. The fourth-order valence-electron chi connectivity index (χ4n) is 2.09. The number of carbonyl (C=O) groups is 2. The molecule has 1 aromatic rings. The van der Waals surface area contributed by atoms with Crippen LogP contribution >= 0.6 is 0 Å². The average molecular weight is 355 g/mol. The molecule has 0 aliphatic heterocycles. The zero-order valence-electron chi connectivity index (χ0n) is 14.8. The van der Waals surface area contributed by atoms with Crippen LogP contribution in [0, 0.1) is 0 Å². The Morgan fingerprint density at radius 2 is 1.88 bits per heavy atom. The maximum absolute atomic E-state index is 11.5. The number of carboxylic acids is 1. The standard InChI is InChI=1S/C17H25NO7/c1-17(2,3)25-16(23)18-8-7-12(19)14(20)10-5-6-13(24-4)11(9-10)15(21)22/h5-6,9,12,14,19-20H,7-8H2,1-4H3,(H,18,23)(H,21,22). The van der Waals surface area contributed by atoms with Crippen molar-refractivity contribution in [1.29, 1.82) is 0 Å². The van der Waals surface area contributed by atoms with Crippen molar-refractivity contribution in [2.75, 3.05) is 13.7 Å². The van der Waals surface area contributed by atoms with E-state index in [1.54, 1.807) is 20.8 Å². The first-order valence-corrected chi connectivity index (χ1v) is 7.79. The smallest absolute Gasteiger partial charge is 0.407 e. The highest BCUT2D eigenvalue weighted by Gasteiger charge is 2.22. The van der Waals surface area contributed by atoms with Gasteiger partial charge in [0.2, 0.25) is 0 Å². The monoisotopic (exact) mass is 355 g/mol. The molecule has 0 fully saturated rings. The number of methoxy groups -OCH3 is 1. The second-order valence-electron chi connectivity index (χ2n) is 6.49. The molecule has 0 saturated carbocycles. The van der Waals surface area contributed by atoms with Gasteiger partial charge in [-0.1, -0.05) is 6.07 Å². The lowest BCUT2D eigenvalue weighted by molar-refractivity contribution is 0.0122. The minimum Gasteiger partial charge on any atom is -0.496 e. The van der Waals surface area contributed by atoms with Crippen LogP contribution in [0.1, 0.15) is 49.2 Å². The molecule has 0 bridgehead atoms. The number of aromatic carboxylic acids is 1. The Hall–Kier alpha value is -2.32. The molecule has 2 unspecified atom stereocenters. The fraction of sp³-hybridized carbons (Fsp3) is 0.529. The Morgan fingerprint density at radius 1 is 1.24 bits per heavy atom. The fourth-order valence-corrected chi connectivity index (χ4v) is 2.09. The summed E-state index contributed by atoms with van der Waals surface area (Å²) in [7, 11) is 1.34. The van der Waals surface area contributed by atoms with Crippen LogP contribution in [0.5, 0.6) is 5.75 Å². The number of carboxylic acid groups (broad SMARTS) is 1. The van der Waals surface area contributed by atoms with Gasteiger partial charge >= 0.3 is 12.1 Å². The number of benzene rings is 1. The van der Waals surface area contributed by atoms with Gasteiger partial charge in [0.1, 0.15) is 23.0 Å². The number of rotatable bonds is 7. The molecule has 8 nitrogen and oxygen atoms in total. The topological polar surface area (TPSA) is 125 Å². The normalized spacial score (nSPS) is 13.7. The zero-order valence-corrected chi connectivity index (χ0v) is 14.8. The van der Waals surface area contributed by atoms with Gasteiger partial charge in [0.15, 0.2) is 0 Å². The third-order valence-corrected chi connectivity index (χ3v) is 3.27. The largest absolute Gasteiger partial charge is 0.496 e. The van der Waals surface area contributed by atoms with Gasteiger partial charge in [-0.2, -0.15) is 0 Å². The number of aliphatic hydroxyl groups is 2. The van der Waals surface area contributed by atoms with Crippen molar-refractivity contribution in [1.82, 2.24) is 5.32 Å². The number of hydrogen-bond acceptors (Lipinski definition) is 6. The molecule has 1 amide bonds. The predicted octanol–water partition coefficient (Wildman–Crippen LogP) is 1.70. The summed E-state index contributed by atoms with van der Waals surface area (Å²) in [5.41, 5.74) is -0.500. The Morgan fingerprint density at radius 3 is 2.40 bits per heavy atom. The molecule has 0 spiro atoms.